The molecule has 0 aliphatic carbocycles. The first-order valence-corrected chi connectivity index (χ1v) is 4.26. The first-order chi connectivity index (χ1) is 5.72. The molecule has 0 rings (SSSR count). The van der Waals surface area contributed by atoms with E-state index in [1.54, 1.807) is 0 Å². The predicted octanol–water partition coefficient (Wildman–Crippen LogP) is 0.366. The summed E-state index contributed by atoms with van der Waals surface area (Å²) in [6.45, 7) is 8.00. The molecule has 0 aromatic heterocycles. The summed E-state index contributed by atoms with van der Waals surface area (Å²) in [6, 6.07) is 0. The topological polar surface area (TPSA) is 63.4 Å². The van der Waals surface area contributed by atoms with Crippen LogP contribution >= 0.6 is 0 Å². The maximum Gasteiger partial charge on any atom is 0.237 e. The summed E-state index contributed by atoms with van der Waals surface area (Å²) in [4.78, 5) is 23.2. The van der Waals surface area contributed by atoms with Crippen molar-refractivity contribution in [1.29, 1.82) is 0 Å². The number of carbonyl (C=O) groups excluding carboxylic acids is 2. The molecule has 0 bridgehead atoms. The fourth-order valence-electron chi connectivity index (χ4n) is 1.04. The fraction of sp³-hybridized carbons (Fsp3) is 0.778. The van der Waals surface area contributed by atoms with Crippen LogP contribution < -0.4 is 5.73 Å². The van der Waals surface area contributed by atoms with Crippen LogP contribution in [0.2, 0.25) is 0 Å². The van der Waals surface area contributed by atoms with Crippen molar-refractivity contribution in [2.24, 2.45) is 11.1 Å². The van der Waals surface area contributed by atoms with Gasteiger partial charge in [-0.2, -0.15) is 0 Å². The third kappa shape index (κ3) is 6.13. The number of nitrogens with zero attached hydrogens (tertiary/aromatic N) is 1. The minimum absolute atomic E-state index is 0.00655. The lowest BCUT2D eigenvalue weighted by atomic mass is 9.96. The van der Waals surface area contributed by atoms with Crippen LogP contribution in [0.3, 0.4) is 0 Å². The van der Waals surface area contributed by atoms with Crippen molar-refractivity contribution < 1.29 is 9.59 Å². The van der Waals surface area contributed by atoms with Gasteiger partial charge in [-0.1, -0.05) is 20.8 Å². The maximum atomic E-state index is 11.1. The molecule has 0 saturated carbocycles. The standard InChI is InChI=1S/C9H18N2O2/c1-7(12)11(5-8(10)13)6-9(2,3)4/h5-6H2,1-4H3,(H2,10,13). The molecule has 4 heteroatoms. The number of hydrogen-bond donors (Lipinski definition) is 1. The van der Waals surface area contributed by atoms with E-state index in [2.05, 4.69) is 0 Å². The average Bonchev–Trinajstić information content (AvgIpc) is 1.81. The molecule has 0 aliphatic heterocycles. The molecular weight excluding hydrogens is 168 g/mol. The highest BCUT2D eigenvalue weighted by Gasteiger charge is 2.19. The zero-order valence-corrected chi connectivity index (χ0v) is 8.76. The summed E-state index contributed by atoms with van der Waals surface area (Å²) in [6.07, 6.45) is 0. The van der Waals surface area contributed by atoms with E-state index in [0.717, 1.165) is 0 Å². The van der Waals surface area contributed by atoms with Crippen molar-refractivity contribution in [2.45, 2.75) is 27.7 Å². The average molecular weight is 186 g/mol. The summed E-state index contributed by atoms with van der Waals surface area (Å²) in [5, 5.41) is 0. The lowest BCUT2D eigenvalue weighted by Gasteiger charge is -2.28. The minimum atomic E-state index is -0.473. The van der Waals surface area contributed by atoms with Gasteiger partial charge in [0, 0.05) is 13.5 Å². The third-order valence-corrected chi connectivity index (χ3v) is 1.46. The SMILES string of the molecule is CC(=O)N(CC(N)=O)CC(C)(C)C. The number of hydrogen-bond acceptors (Lipinski definition) is 2. The van der Waals surface area contributed by atoms with E-state index < -0.39 is 5.91 Å². The Morgan fingerprint density at radius 1 is 1.31 bits per heavy atom. The first-order valence-electron chi connectivity index (χ1n) is 4.26. The van der Waals surface area contributed by atoms with E-state index >= 15 is 0 Å². The Balaban J connectivity index is 4.27. The first kappa shape index (κ1) is 11.9. The molecule has 13 heavy (non-hydrogen) atoms. The molecule has 0 aromatic rings. The zero-order valence-electron chi connectivity index (χ0n) is 8.76. The highest BCUT2D eigenvalue weighted by Crippen LogP contribution is 2.14. The number of nitrogens with two attached hydrogens (primary N) is 1. The quantitative estimate of drug-likeness (QED) is 0.692. The zero-order chi connectivity index (χ0) is 10.6. The van der Waals surface area contributed by atoms with E-state index in [-0.39, 0.29) is 17.9 Å². The molecule has 76 valence electrons. The molecule has 0 aromatic carbocycles. The molecule has 0 fully saturated rings. The van der Waals surface area contributed by atoms with Gasteiger partial charge < -0.3 is 10.6 Å². The van der Waals surface area contributed by atoms with Gasteiger partial charge in [0.25, 0.3) is 0 Å². The van der Waals surface area contributed by atoms with Gasteiger partial charge in [0.05, 0.1) is 6.54 Å². The van der Waals surface area contributed by atoms with Gasteiger partial charge in [0.15, 0.2) is 0 Å². The molecule has 2 amide bonds. The van der Waals surface area contributed by atoms with E-state index in [4.69, 9.17) is 5.73 Å². The van der Waals surface area contributed by atoms with Gasteiger partial charge in [-0.3, -0.25) is 9.59 Å². The highest BCUT2D eigenvalue weighted by molar-refractivity contribution is 5.82. The molecule has 0 spiro atoms. The van der Waals surface area contributed by atoms with Gasteiger partial charge >= 0.3 is 0 Å². The van der Waals surface area contributed by atoms with E-state index in [9.17, 15) is 9.59 Å². The van der Waals surface area contributed by atoms with Crippen LogP contribution in [0.5, 0.6) is 0 Å². The summed E-state index contributed by atoms with van der Waals surface area (Å²) < 4.78 is 0. The van der Waals surface area contributed by atoms with E-state index in [1.807, 2.05) is 20.8 Å². The number of amides is 2. The third-order valence-electron chi connectivity index (χ3n) is 1.46. The molecule has 0 saturated heterocycles. The second kappa shape index (κ2) is 4.25. The summed E-state index contributed by atoms with van der Waals surface area (Å²) >= 11 is 0. The van der Waals surface area contributed by atoms with Crippen LogP contribution in [0.25, 0.3) is 0 Å². The van der Waals surface area contributed by atoms with Crippen molar-refractivity contribution in [1.82, 2.24) is 4.90 Å². The fourth-order valence-corrected chi connectivity index (χ4v) is 1.04. The molecule has 4 nitrogen and oxygen atoms in total. The Kier molecular flexibility index (Phi) is 3.91. The van der Waals surface area contributed by atoms with Crippen molar-refractivity contribution in [3.05, 3.63) is 0 Å². The van der Waals surface area contributed by atoms with Crippen LogP contribution in [-0.4, -0.2) is 29.8 Å². The van der Waals surface area contributed by atoms with Crippen molar-refractivity contribution in [2.75, 3.05) is 13.1 Å². The van der Waals surface area contributed by atoms with Gasteiger partial charge in [0.2, 0.25) is 11.8 Å². The lowest BCUT2D eigenvalue weighted by Crippen LogP contribution is -2.41. The number of primary amides is 1. The van der Waals surface area contributed by atoms with E-state index in [1.165, 1.54) is 11.8 Å². The summed E-state index contributed by atoms with van der Waals surface area (Å²) in [5.41, 5.74) is 5.00. The second-order valence-corrected chi connectivity index (χ2v) is 4.40. The normalized spacial score (nSPS) is 11.1. The van der Waals surface area contributed by atoms with Crippen LogP contribution in [0.1, 0.15) is 27.7 Å². The Morgan fingerprint density at radius 3 is 2.00 bits per heavy atom. The number of rotatable bonds is 3. The van der Waals surface area contributed by atoms with Crippen molar-refractivity contribution in [3.63, 3.8) is 0 Å². The molecule has 0 heterocycles. The second-order valence-electron chi connectivity index (χ2n) is 4.40. The van der Waals surface area contributed by atoms with Crippen LogP contribution in [0.15, 0.2) is 0 Å². The smallest absolute Gasteiger partial charge is 0.237 e. The molecule has 2 N–H and O–H groups in total. The van der Waals surface area contributed by atoms with Gasteiger partial charge in [-0.05, 0) is 5.41 Å². The van der Waals surface area contributed by atoms with Crippen LogP contribution in [-0.2, 0) is 9.59 Å². The van der Waals surface area contributed by atoms with E-state index in [0.29, 0.717) is 6.54 Å². The summed E-state index contributed by atoms with van der Waals surface area (Å²) in [7, 11) is 0. The van der Waals surface area contributed by atoms with Crippen molar-refractivity contribution >= 4 is 11.8 Å². The van der Waals surface area contributed by atoms with Gasteiger partial charge in [0.1, 0.15) is 0 Å². The minimum Gasteiger partial charge on any atom is -0.368 e. The molecular formula is C9H18N2O2. The molecule has 0 radical (unpaired) electrons. The summed E-state index contributed by atoms with van der Waals surface area (Å²) in [5.74, 6) is -0.590. The Bertz CT molecular complexity index is 206. The maximum absolute atomic E-state index is 11.1. The van der Waals surface area contributed by atoms with Crippen molar-refractivity contribution in [3.8, 4) is 0 Å². The Labute approximate surface area is 79.1 Å². The van der Waals surface area contributed by atoms with Gasteiger partial charge in [-0.15, -0.1) is 0 Å². The molecule has 0 unspecified atom stereocenters. The highest BCUT2D eigenvalue weighted by atomic mass is 16.2. The van der Waals surface area contributed by atoms with Crippen LogP contribution in [0.4, 0.5) is 0 Å². The molecule has 0 atom stereocenters. The monoisotopic (exact) mass is 186 g/mol. The largest absolute Gasteiger partial charge is 0.368 e. The Morgan fingerprint density at radius 2 is 1.77 bits per heavy atom. The Hall–Kier alpha value is -1.06. The molecule has 0 aliphatic rings. The lowest BCUT2D eigenvalue weighted by molar-refractivity contribution is -0.134. The number of carbonyl (C=O) groups is 2. The van der Waals surface area contributed by atoms with Gasteiger partial charge in [-0.25, -0.2) is 0 Å². The van der Waals surface area contributed by atoms with Crippen LogP contribution in [0, 0.1) is 5.41 Å². The predicted molar refractivity (Wildman–Crippen MR) is 50.9 cm³/mol.